The van der Waals surface area contributed by atoms with Crippen molar-refractivity contribution in [2.75, 3.05) is 0 Å². The summed E-state index contributed by atoms with van der Waals surface area (Å²) in [6, 6.07) is 0. The number of esters is 1. The Morgan fingerprint density at radius 1 is 1.52 bits per heavy atom. The Labute approximate surface area is 122 Å². The van der Waals surface area contributed by atoms with Crippen LogP contribution >= 0.6 is 0 Å². The molecule has 5 atom stereocenters. The van der Waals surface area contributed by atoms with Crippen LogP contribution in [0.1, 0.15) is 33.1 Å². The molecule has 2 N–H and O–H groups in total. The molecule has 2 unspecified atom stereocenters. The predicted molar refractivity (Wildman–Crippen MR) is 71.3 cm³/mol. The minimum atomic E-state index is -1.09. The molecule has 1 saturated heterocycles. The molecule has 7 nitrogen and oxygen atoms in total. The molecule has 0 radical (unpaired) electrons. The maximum Gasteiger partial charge on any atom is 0.302 e. The number of ether oxygens (including phenoxy) is 2. The van der Waals surface area contributed by atoms with Crippen molar-refractivity contribution in [3.05, 3.63) is 11.8 Å². The lowest BCUT2D eigenvalue weighted by Gasteiger charge is -2.36. The highest BCUT2D eigenvalue weighted by molar-refractivity contribution is 5.93. The lowest BCUT2D eigenvalue weighted by molar-refractivity contribution is -0.164. The van der Waals surface area contributed by atoms with Crippen molar-refractivity contribution in [2.24, 2.45) is 5.92 Å². The van der Waals surface area contributed by atoms with E-state index in [0.717, 1.165) is 19.3 Å². The summed E-state index contributed by atoms with van der Waals surface area (Å²) in [4.78, 5) is 24.2. The van der Waals surface area contributed by atoms with E-state index < -0.39 is 6.35 Å². The van der Waals surface area contributed by atoms with Gasteiger partial charge < -0.3 is 24.8 Å². The molecule has 2 fully saturated rings. The van der Waals surface area contributed by atoms with Crippen molar-refractivity contribution in [1.82, 2.24) is 10.2 Å². The van der Waals surface area contributed by atoms with Gasteiger partial charge in [0.05, 0.1) is 6.10 Å². The average molecular weight is 296 g/mol. The Hall–Kier alpha value is -1.60. The second-order valence-electron chi connectivity index (χ2n) is 5.88. The van der Waals surface area contributed by atoms with E-state index in [-0.39, 0.29) is 30.3 Å². The van der Waals surface area contributed by atoms with Crippen molar-refractivity contribution in [1.29, 1.82) is 0 Å². The zero-order valence-corrected chi connectivity index (χ0v) is 12.1. The summed E-state index contributed by atoms with van der Waals surface area (Å²) in [6.45, 7) is 3.08. The van der Waals surface area contributed by atoms with Crippen molar-refractivity contribution in [3.63, 3.8) is 0 Å². The Morgan fingerprint density at radius 3 is 3.00 bits per heavy atom. The van der Waals surface area contributed by atoms with Gasteiger partial charge in [0.25, 0.3) is 5.91 Å². The molecule has 0 aromatic carbocycles. The number of amides is 1. The Morgan fingerprint density at radius 2 is 2.29 bits per heavy atom. The van der Waals surface area contributed by atoms with E-state index in [1.54, 1.807) is 18.0 Å². The molecule has 1 saturated carbocycles. The molecule has 3 aliphatic rings. The first-order valence-corrected chi connectivity index (χ1v) is 7.23. The molecule has 2 heterocycles. The zero-order valence-electron chi connectivity index (χ0n) is 12.1. The first-order valence-electron chi connectivity index (χ1n) is 7.23. The molecule has 3 rings (SSSR count). The summed E-state index contributed by atoms with van der Waals surface area (Å²) < 4.78 is 11.3. The molecule has 0 spiro atoms. The number of carbonyl (C=O) groups excluding carboxylic acids is 2. The van der Waals surface area contributed by atoms with Crippen molar-refractivity contribution in [2.45, 2.75) is 57.9 Å². The first kappa shape index (κ1) is 14.3. The number of aliphatic hydroxyl groups is 1. The van der Waals surface area contributed by atoms with Crippen LogP contribution < -0.4 is 5.32 Å². The first-order chi connectivity index (χ1) is 9.95. The van der Waals surface area contributed by atoms with Crippen LogP contribution in [0.5, 0.6) is 0 Å². The monoisotopic (exact) mass is 296 g/mol. The van der Waals surface area contributed by atoms with Gasteiger partial charge in [0.1, 0.15) is 12.3 Å². The smallest absolute Gasteiger partial charge is 0.302 e. The highest BCUT2D eigenvalue weighted by Crippen LogP contribution is 2.42. The van der Waals surface area contributed by atoms with E-state index in [4.69, 9.17) is 9.47 Å². The normalized spacial score (nSPS) is 38.8. The van der Waals surface area contributed by atoms with Gasteiger partial charge in [0, 0.05) is 18.7 Å². The SMILES string of the molecule is CC(=O)O[C@@H]1CC[C@@H]2CC(N3C=C(C)C(=O)NC3O)O[C@@H]21. The van der Waals surface area contributed by atoms with Crippen LogP contribution in [0.25, 0.3) is 0 Å². The van der Waals surface area contributed by atoms with Crippen LogP contribution in [-0.4, -0.2) is 46.7 Å². The van der Waals surface area contributed by atoms with Gasteiger partial charge in [-0.15, -0.1) is 0 Å². The zero-order chi connectivity index (χ0) is 15.1. The minimum Gasteiger partial charge on any atom is -0.460 e. The van der Waals surface area contributed by atoms with Crippen LogP contribution in [-0.2, 0) is 19.1 Å². The fraction of sp³-hybridized carbons (Fsp3) is 0.714. The molecule has 1 amide bonds. The van der Waals surface area contributed by atoms with E-state index in [0.29, 0.717) is 11.5 Å². The second-order valence-corrected chi connectivity index (χ2v) is 5.88. The summed E-state index contributed by atoms with van der Waals surface area (Å²) in [5.74, 6) is -0.263. The third-order valence-corrected chi connectivity index (χ3v) is 4.36. The number of fused-ring (bicyclic) bond motifs is 1. The quantitative estimate of drug-likeness (QED) is 0.700. The van der Waals surface area contributed by atoms with Crippen LogP contribution in [0, 0.1) is 5.92 Å². The predicted octanol–water partition coefficient (Wildman–Crippen LogP) is 0.0546. The Bertz CT molecular complexity index is 492. The van der Waals surface area contributed by atoms with Crippen LogP contribution in [0.3, 0.4) is 0 Å². The molecule has 116 valence electrons. The van der Waals surface area contributed by atoms with Gasteiger partial charge in [0.2, 0.25) is 6.35 Å². The van der Waals surface area contributed by atoms with E-state index in [9.17, 15) is 14.7 Å². The fourth-order valence-corrected chi connectivity index (χ4v) is 3.39. The van der Waals surface area contributed by atoms with Gasteiger partial charge in [0.15, 0.2) is 0 Å². The lowest BCUT2D eigenvalue weighted by Crippen LogP contribution is -2.53. The third kappa shape index (κ3) is 2.63. The second kappa shape index (κ2) is 5.31. The molecule has 0 bridgehead atoms. The maximum atomic E-state index is 11.5. The molecular weight excluding hydrogens is 276 g/mol. The van der Waals surface area contributed by atoms with Gasteiger partial charge in [-0.2, -0.15) is 0 Å². The number of carbonyl (C=O) groups is 2. The maximum absolute atomic E-state index is 11.5. The molecule has 0 aromatic rings. The van der Waals surface area contributed by atoms with Gasteiger partial charge in [-0.3, -0.25) is 9.59 Å². The van der Waals surface area contributed by atoms with Crippen LogP contribution in [0.2, 0.25) is 0 Å². The van der Waals surface area contributed by atoms with E-state index in [2.05, 4.69) is 5.32 Å². The van der Waals surface area contributed by atoms with Crippen molar-refractivity contribution < 1.29 is 24.2 Å². The summed E-state index contributed by atoms with van der Waals surface area (Å²) in [7, 11) is 0. The van der Waals surface area contributed by atoms with Crippen molar-refractivity contribution in [3.8, 4) is 0 Å². The highest BCUT2D eigenvalue weighted by atomic mass is 16.6. The number of rotatable bonds is 2. The van der Waals surface area contributed by atoms with Crippen LogP contribution in [0.15, 0.2) is 11.8 Å². The number of nitrogens with zero attached hydrogens (tertiary/aromatic N) is 1. The molecule has 2 aliphatic heterocycles. The number of hydrogen-bond acceptors (Lipinski definition) is 6. The van der Waals surface area contributed by atoms with E-state index in [1.165, 1.54) is 6.92 Å². The largest absolute Gasteiger partial charge is 0.460 e. The third-order valence-electron chi connectivity index (χ3n) is 4.36. The fourth-order valence-electron chi connectivity index (χ4n) is 3.39. The molecule has 21 heavy (non-hydrogen) atoms. The summed E-state index contributed by atoms with van der Waals surface area (Å²) in [5.41, 5.74) is 0.525. The number of nitrogens with one attached hydrogen (secondary N) is 1. The van der Waals surface area contributed by atoms with E-state index in [1.807, 2.05) is 0 Å². The van der Waals surface area contributed by atoms with Crippen molar-refractivity contribution >= 4 is 11.9 Å². The van der Waals surface area contributed by atoms with E-state index >= 15 is 0 Å². The van der Waals surface area contributed by atoms with Crippen LogP contribution in [0.4, 0.5) is 0 Å². The van der Waals surface area contributed by atoms with Gasteiger partial charge in [-0.05, 0) is 32.1 Å². The molecule has 1 aliphatic carbocycles. The average Bonchev–Trinajstić information content (AvgIpc) is 2.95. The topological polar surface area (TPSA) is 88.1 Å². The van der Waals surface area contributed by atoms with Gasteiger partial charge >= 0.3 is 5.97 Å². The summed E-state index contributed by atoms with van der Waals surface area (Å²) in [5, 5.41) is 12.5. The highest BCUT2D eigenvalue weighted by Gasteiger charge is 2.48. The van der Waals surface area contributed by atoms with Gasteiger partial charge in [-0.1, -0.05) is 0 Å². The molecule has 0 aromatic heterocycles. The number of aliphatic hydroxyl groups excluding tert-OH is 1. The molecular formula is C14H20N2O5. The summed E-state index contributed by atoms with van der Waals surface area (Å²) >= 11 is 0. The Balaban J connectivity index is 1.70. The molecule has 7 heteroatoms. The lowest BCUT2D eigenvalue weighted by atomic mass is 10.0. The minimum absolute atomic E-state index is 0.127. The van der Waals surface area contributed by atoms with Gasteiger partial charge in [-0.25, -0.2) is 0 Å². The number of hydrogen-bond donors (Lipinski definition) is 2. The summed E-state index contributed by atoms with van der Waals surface area (Å²) in [6.07, 6.45) is 2.39. The Kier molecular flexibility index (Phi) is 3.62. The standard InChI is InChI=1S/C14H20N2O5/c1-7-6-16(14(19)15-13(7)18)11-5-9-3-4-10(12(9)21-11)20-8(2)17/h6,9-12,14,19H,3-5H2,1-2H3,(H,15,18)/t9-,10-,11?,12+,14?/m1/s1.